The summed E-state index contributed by atoms with van der Waals surface area (Å²) in [5, 5.41) is 0.833. The molecule has 0 aliphatic rings. The van der Waals surface area contributed by atoms with Gasteiger partial charge in [0.1, 0.15) is 8.67 Å². The van der Waals surface area contributed by atoms with E-state index in [-0.39, 0.29) is 0 Å². The second-order valence-corrected chi connectivity index (χ2v) is 5.60. The monoisotopic (exact) mass is 146 g/mol. The molecule has 0 heterocycles. The largest absolute Gasteiger partial charge is 0.187 e. The Morgan fingerprint density at radius 1 is 1.50 bits per heavy atom. The first kappa shape index (κ1) is 8.57. The molecule has 0 fully saturated rings. The standard InChI is InChI=1S/C6H14SSi/c1-4-5-8-7-6(2)3/h6H,4-5H2,1-3H3. The Morgan fingerprint density at radius 3 is 2.50 bits per heavy atom. The minimum atomic E-state index is 0.833. The van der Waals surface area contributed by atoms with Crippen LogP contribution in [0.15, 0.2) is 0 Å². The van der Waals surface area contributed by atoms with Crippen molar-refractivity contribution < 1.29 is 0 Å². The zero-order chi connectivity index (χ0) is 6.41. The van der Waals surface area contributed by atoms with Crippen LogP contribution in [0.25, 0.3) is 0 Å². The Bertz CT molecular complexity index is 45.8. The summed E-state index contributed by atoms with van der Waals surface area (Å²) in [6.07, 6.45) is 1.35. The van der Waals surface area contributed by atoms with Crippen LogP contribution < -0.4 is 0 Å². The molecule has 0 atom stereocenters. The zero-order valence-corrected chi connectivity index (χ0v) is 7.72. The minimum Gasteiger partial charge on any atom is -0.187 e. The molecule has 0 rings (SSSR count). The molecule has 0 bridgehead atoms. The third-order valence-electron chi connectivity index (χ3n) is 0.671. The van der Waals surface area contributed by atoms with Gasteiger partial charge >= 0.3 is 0 Å². The van der Waals surface area contributed by atoms with Gasteiger partial charge in [-0.3, -0.25) is 0 Å². The Morgan fingerprint density at radius 2 is 2.12 bits per heavy atom. The molecular formula is C6H14SSi. The Balaban J connectivity index is 2.72. The average molecular weight is 146 g/mol. The molecule has 0 aromatic rings. The lowest BCUT2D eigenvalue weighted by atomic mass is 10.6. The summed E-state index contributed by atoms with van der Waals surface area (Å²) in [5.74, 6) is 0. The van der Waals surface area contributed by atoms with E-state index in [1.807, 2.05) is 0 Å². The third kappa shape index (κ3) is 6.57. The molecule has 8 heavy (non-hydrogen) atoms. The minimum absolute atomic E-state index is 0.833. The predicted octanol–water partition coefficient (Wildman–Crippen LogP) is 2.58. The van der Waals surface area contributed by atoms with Gasteiger partial charge in [-0.15, -0.1) is 0 Å². The molecule has 0 nitrogen and oxygen atoms in total. The summed E-state index contributed by atoms with van der Waals surface area (Å²) in [7, 11) is 1.13. The quantitative estimate of drug-likeness (QED) is 0.434. The lowest BCUT2D eigenvalue weighted by Crippen LogP contribution is -1.91. The van der Waals surface area contributed by atoms with Gasteiger partial charge in [-0.05, 0) is 5.25 Å². The maximum Gasteiger partial charge on any atom is 0.123 e. The van der Waals surface area contributed by atoms with Gasteiger partial charge in [0, 0.05) is 0 Å². The van der Waals surface area contributed by atoms with Gasteiger partial charge in [0.15, 0.2) is 0 Å². The van der Waals surface area contributed by atoms with E-state index in [2.05, 4.69) is 32.0 Å². The highest BCUT2D eigenvalue weighted by Gasteiger charge is 1.92. The van der Waals surface area contributed by atoms with Crippen LogP contribution in [0.1, 0.15) is 27.2 Å². The van der Waals surface area contributed by atoms with Crippen molar-refractivity contribution in [2.75, 3.05) is 0 Å². The first-order chi connectivity index (χ1) is 3.77. The van der Waals surface area contributed by atoms with Gasteiger partial charge in [0.2, 0.25) is 0 Å². The molecule has 0 aliphatic carbocycles. The van der Waals surface area contributed by atoms with Crippen molar-refractivity contribution in [3.8, 4) is 0 Å². The van der Waals surface area contributed by atoms with E-state index in [1.54, 1.807) is 0 Å². The van der Waals surface area contributed by atoms with E-state index in [9.17, 15) is 0 Å². The molecule has 2 heteroatoms. The van der Waals surface area contributed by atoms with Crippen LogP contribution in [0, 0.1) is 0 Å². The van der Waals surface area contributed by atoms with Crippen molar-refractivity contribution in [3.63, 3.8) is 0 Å². The molecular weight excluding hydrogens is 132 g/mol. The lowest BCUT2D eigenvalue weighted by molar-refractivity contribution is 1.08. The Hall–Kier alpha value is 0.567. The summed E-state index contributed by atoms with van der Waals surface area (Å²) in [6, 6.07) is 1.41. The fourth-order valence-corrected chi connectivity index (χ4v) is 2.95. The van der Waals surface area contributed by atoms with Gasteiger partial charge < -0.3 is 0 Å². The molecule has 0 N–H and O–H groups in total. The fraction of sp³-hybridized carbons (Fsp3) is 1.00. The highest BCUT2D eigenvalue weighted by molar-refractivity contribution is 8.22. The van der Waals surface area contributed by atoms with E-state index in [0.29, 0.717) is 0 Å². The van der Waals surface area contributed by atoms with E-state index < -0.39 is 0 Å². The molecule has 0 aromatic carbocycles. The van der Waals surface area contributed by atoms with Crippen molar-refractivity contribution in [1.29, 1.82) is 0 Å². The fourth-order valence-electron chi connectivity index (χ4n) is 0.328. The van der Waals surface area contributed by atoms with E-state index in [0.717, 1.165) is 13.9 Å². The zero-order valence-electron chi connectivity index (χ0n) is 5.90. The van der Waals surface area contributed by atoms with Crippen LogP contribution in [0.3, 0.4) is 0 Å². The normalized spacial score (nSPS) is 10.5. The van der Waals surface area contributed by atoms with Crippen molar-refractivity contribution in [2.45, 2.75) is 38.5 Å². The average Bonchev–Trinajstić information content (AvgIpc) is 1.66. The van der Waals surface area contributed by atoms with Crippen LogP contribution in [-0.4, -0.2) is 13.9 Å². The maximum absolute atomic E-state index is 2.26. The second-order valence-electron chi connectivity index (χ2n) is 2.06. The van der Waals surface area contributed by atoms with Gasteiger partial charge in [-0.25, -0.2) is 0 Å². The Labute approximate surface area is 58.9 Å². The van der Waals surface area contributed by atoms with Gasteiger partial charge in [-0.2, -0.15) is 11.2 Å². The molecule has 0 saturated heterocycles. The lowest BCUT2D eigenvalue weighted by Gasteiger charge is -1.99. The molecule has 0 saturated carbocycles. The topological polar surface area (TPSA) is 0 Å². The molecule has 0 aliphatic heterocycles. The van der Waals surface area contributed by atoms with Crippen LogP contribution in [0.4, 0.5) is 0 Å². The molecule has 0 spiro atoms. The molecule has 0 aromatic heterocycles. The molecule has 0 unspecified atom stereocenters. The van der Waals surface area contributed by atoms with Crippen molar-refractivity contribution in [3.05, 3.63) is 0 Å². The maximum atomic E-state index is 2.26. The molecule has 0 amide bonds. The van der Waals surface area contributed by atoms with Crippen LogP contribution >= 0.6 is 11.2 Å². The summed E-state index contributed by atoms with van der Waals surface area (Å²) in [5.41, 5.74) is 0. The first-order valence-electron chi connectivity index (χ1n) is 3.16. The SMILES string of the molecule is CCC[Si]SC(C)C. The van der Waals surface area contributed by atoms with Crippen LogP contribution in [0.2, 0.25) is 6.04 Å². The summed E-state index contributed by atoms with van der Waals surface area (Å²) < 4.78 is 0. The van der Waals surface area contributed by atoms with Crippen molar-refractivity contribution in [2.24, 2.45) is 0 Å². The number of hydrogen-bond acceptors (Lipinski definition) is 1. The molecule has 48 valence electrons. The summed E-state index contributed by atoms with van der Waals surface area (Å²) in [6.45, 7) is 6.76. The highest BCUT2D eigenvalue weighted by atomic mass is 32.4. The number of rotatable bonds is 4. The van der Waals surface area contributed by atoms with E-state index in [4.69, 9.17) is 0 Å². The van der Waals surface area contributed by atoms with Crippen LogP contribution in [0.5, 0.6) is 0 Å². The second kappa shape index (κ2) is 5.70. The third-order valence-corrected chi connectivity index (χ3v) is 4.54. The summed E-state index contributed by atoms with van der Waals surface area (Å²) >= 11 is 2.08. The van der Waals surface area contributed by atoms with Crippen molar-refractivity contribution >= 4 is 19.9 Å². The highest BCUT2D eigenvalue weighted by Crippen LogP contribution is 2.08. The first-order valence-corrected chi connectivity index (χ1v) is 5.97. The Kier molecular flexibility index (Phi) is 6.10. The van der Waals surface area contributed by atoms with E-state index >= 15 is 0 Å². The molecule has 2 radical (unpaired) electrons. The van der Waals surface area contributed by atoms with Gasteiger partial charge in [-0.1, -0.05) is 33.2 Å². The number of hydrogen-bond donors (Lipinski definition) is 0. The summed E-state index contributed by atoms with van der Waals surface area (Å²) in [4.78, 5) is 0. The smallest absolute Gasteiger partial charge is 0.123 e. The van der Waals surface area contributed by atoms with Gasteiger partial charge in [0.05, 0.1) is 0 Å². The van der Waals surface area contributed by atoms with Gasteiger partial charge in [0.25, 0.3) is 0 Å². The van der Waals surface area contributed by atoms with E-state index in [1.165, 1.54) is 12.5 Å². The van der Waals surface area contributed by atoms with Crippen LogP contribution in [-0.2, 0) is 0 Å². The predicted molar refractivity (Wildman–Crippen MR) is 43.6 cm³/mol. The van der Waals surface area contributed by atoms with Crippen molar-refractivity contribution in [1.82, 2.24) is 0 Å².